The number of nitrogens with zero attached hydrogens (tertiary/aromatic N) is 1. The molecule has 2 rings (SSSR count). The number of hydrogen-bond acceptors (Lipinski definition) is 3. The lowest BCUT2D eigenvalue weighted by molar-refractivity contribution is -0.127. The van der Waals surface area contributed by atoms with Crippen molar-refractivity contribution in [3.05, 3.63) is 29.3 Å². The van der Waals surface area contributed by atoms with E-state index in [1.807, 2.05) is 0 Å². The van der Waals surface area contributed by atoms with Crippen molar-refractivity contribution in [2.24, 2.45) is 0 Å². The van der Waals surface area contributed by atoms with Crippen LogP contribution in [0.2, 0.25) is 0 Å². The topological polar surface area (TPSA) is 75.4 Å². The third-order valence-electron chi connectivity index (χ3n) is 3.27. The van der Waals surface area contributed by atoms with Gasteiger partial charge in [0.25, 0.3) is 5.91 Å². The third-order valence-corrected chi connectivity index (χ3v) is 3.27. The lowest BCUT2D eigenvalue weighted by Gasteiger charge is -2.34. The second-order valence-corrected chi connectivity index (χ2v) is 4.57. The van der Waals surface area contributed by atoms with Crippen molar-refractivity contribution < 1.29 is 18.4 Å². The highest BCUT2D eigenvalue weighted by molar-refractivity contribution is 5.99. The number of halogens is 2. The predicted molar refractivity (Wildman–Crippen MR) is 68.9 cm³/mol. The molecular formula is C13H15F2N3O2. The zero-order valence-corrected chi connectivity index (χ0v) is 11.0. The van der Waals surface area contributed by atoms with Crippen LogP contribution in [0.4, 0.5) is 14.5 Å². The summed E-state index contributed by atoms with van der Waals surface area (Å²) in [6.45, 7) is 2.28. The average Bonchev–Trinajstić information content (AvgIpc) is 2.41. The van der Waals surface area contributed by atoms with Crippen molar-refractivity contribution in [1.82, 2.24) is 10.2 Å². The maximum Gasteiger partial charge on any atom is 0.257 e. The molecule has 3 N–H and O–H groups in total. The van der Waals surface area contributed by atoms with Gasteiger partial charge in [0.2, 0.25) is 5.91 Å². The fraction of sp³-hybridized carbons (Fsp3) is 0.385. The summed E-state index contributed by atoms with van der Waals surface area (Å²) in [4.78, 5) is 25.3. The van der Waals surface area contributed by atoms with Crippen molar-refractivity contribution >= 4 is 17.5 Å². The molecule has 5 nitrogen and oxygen atoms in total. The molecule has 20 heavy (non-hydrogen) atoms. The Kier molecular flexibility index (Phi) is 3.87. The van der Waals surface area contributed by atoms with Gasteiger partial charge in [0.1, 0.15) is 11.9 Å². The largest absolute Gasteiger partial charge is 0.396 e. The van der Waals surface area contributed by atoms with Gasteiger partial charge in [-0.25, -0.2) is 8.78 Å². The van der Waals surface area contributed by atoms with Gasteiger partial charge in [0.15, 0.2) is 5.82 Å². The zero-order chi connectivity index (χ0) is 14.9. The van der Waals surface area contributed by atoms with Crippen LogP contribution in [0.5, 0.6) is 0 Å². The molecule has 1 atom stereocenters. The van der Waals surface area contributed by atoms with Gasteiger partial charge in [0.05, 0.1) is 11.3 Å². The summed E-state index contributed by atoms with van der Waals surface area (Å²) in [5.41, 5.74) is 4.44. The van der Waals surface area contributed by atoms with Crippen LogP contribution < -0.4 is 11.1 Å². The molecule has 1 fully saturated rings. The highest BCUT2D eigenvalue weighted by atomic mass is 19.1. The zero-order valence-electron chi connectivity index (χ0n) is 11.0. The first-order valence-corrected chi connectivity index (χ1v) is 6.29. The lowest BCUT2D eigenvalue weighted by atomic mass is 10.1. The minimum absolute atomic E-state index is 0.249. The molecule has 0 radical (unpaired) electrons. The van der Waals surface area contributed by atoms with Gasteiger partial charge in [-0.3, -0.25) is 9.59 Å². The highest BCUT2D eigenvalue weighted by Gasteiger charge is 2.33. The molecule has 0 aromatic heterocycles. The third kappa shape index (κ3) is 2.43. The summed E-state index contributed by atoms with van der Waals surface area (Å²) >= 11 is 0. The van der Waals surface area contributed by atoms with Gasteiger partial charge >= 0.3 is 0 Å². The van der Waals surface area contributed by atoms with E-state index in [0.29, 0.717) is 6.42 Å². The number of anilines is 1. The molecule has 2 amide bonds. The normalized spacial score (nSPS) is 18.9. The minimum atomic E-state index is -0.961. The number of nitrogens with two attached hydrogens (primary N) is 1. The molecular weight excluding hydrogens is 268 g/mol. The van der Waals surface area contributed by atoms with Gasteiger partial charge in [-0.1, -0.05) is 6.92 Å². The van der Waals surface area contributed by atoms with Crippen LogP contribution >= 0.6 is 0 Å². The van der Waals surface area contributed by atoms with Gasteiger partial charge in [-0.05, 0) is 18.6 Å². The average molecular weight is 283 g/mol. The fourth-order valence-corrected chi connectivity index (χ4v) is 2.28. The van der Waals surface area contributed by atoms with Crippen LogP contribution in [-0.2, 0) is 4.79 Å². The number of nitrogens with one attached hydrogen (secondary N) is 1. The summed E-state index contributed by atoms with van der Waals surface area (Å²) < 4.78 is 27.2. The number of rotatable bonds is 2. The molecule has 108 valence electrons. The van der Waals surface area contributed by atoms with Crippen molar-refractivity contribution in [1.29, 1.82) is 0 Å². The molecule has 1 aliphatic rings. The molecule has 0 spiro atoms. The van der Waals surface area contributed by atoms with Gasteiger partial charge in [-0.15, -0.1) is 0 Å². The van der Waals surface area contributed by atoms with E-state index in [1.54, 1.807) is 6.92 Å². The van der Waals surface area contributed by atoms with Crippen LogP contribution in [0.1, 0.15) is 23.7 Å². The second-order valence-electron chi connectivity index (χ2n) is 4.57. The fourth-order valence-electron chi connectivity index (χ4n) is 2.28. The van der Waals surface area contributed by atoms with E-state index in [0.717, 1.165) is 12.1 Å². The SMILES string of the molecule is CCC1C(=O)NCCN1C(=O)c1cc(F)cc(N)c1F. The number of hydrogen-bond donors (Lipinski definition) is 2. The van der Waals surface area contributed by atoms with E-state index in [2.05, 4.69) is 5.32 Å². The number of nitrogen functional groups attached to an aromatic ring is 1. The van der Waals surface area contributed by atoms with E-state index < -0.39 is 34.8 Å². The molecule has 0 aliphatic carbocycles. The minimum Gasteiger partial charge on any atom is -0.396 e. The Hall–Kier alpha value is -2.18. The summed E-state index contributed by atoms with van der Waals surface area (Å²) in [5.74, 6) is -2.77. The molecule has 1 aliphatic heterocycles. The van der Waals surface area contributed by atoms with Crippen LogP contribution in [0, 0.1) is 11.6 Å². The Morgan fingerprint density at radius 3 is 2.85 bits per heavy atom. The van der Waals surface area contributed by atoms with E-state index in [4.69, 9.17) is 5.73 Å². The molecule has 7 heteroatoms. The standard InChI is InChI=1S/C13H15F2N3O2/c1-2-10-12(19)17-3-4-18(10)13(20)8-5-7(14)6-9(16)11(8)15/h5-6,10H,2-4,16H2,1H3,(H,17,19). The van der Waals surface area contributed by atoms with E-state index >= 15 is 0 Å². The molecule has 1 aromatic carbocycles. The highest BCUT2D eigenvalue weighted by Crippen LogP contribution is 2.21. The van der Waals surface area contributed by atoms with Crippen LogP contribution in [0.25, 0.3) is 0 Å². The molecule has 1 heterocycles. The first-order chi connectivity index (χ1) is 9.45. The molecule has 1 aromatic rings. The first kappa shape index (κ1) is 14.2. The summed E-state index contributed by atoms with van der Waals surface area (Å²) in [6.07, 6.45) is 0.393. The van der Waals surface area contributed by atoms with Crippen molar-refractivity contribution in [2.45, 2.75) is 19.4 Å². The maximum atomic E-state index is 13.9. The number of piperazine rings is 1. The number of carbonyl (C=O) groups is 2. The van der Waals surface area contributed by atoms with E-state index in [1.165, 1.54) is 4.90 Å². The van der Waals surface area contributed by atoms with Crippen molar-refractivity contribution in [3.63, 3.8) is 0 Å². The Morgan fingerprint density at radius 1 is 1.50 bits per heavy atom. The van der Waals surface area contributed by atoms with Crippen molar-refractivity contribution in [3.8, 4) is 0 Å². The number of carbonyl (C=O) groups excluding carboxylic acids is 2. The van der Waals surface area contributed by atoms with Crippen LogP contribution in [0.3, 0.4) is 0 Å². The second kappa shape index (κ2) is 5.44. The van der Waals surface area contributed by atoms with Crippen LogP contribution in [0.15, 0.2) is 12.1 Å². The molecule has 0 bridgehead atoms. The lowest BCUT2D eigenvalue weighted by Crippen LogP contribution is -2.57. The summed E-state index contributed by atoms with van der Waals surface area (Å²) in [6, 6.07) is 0.930. The van der Waals surface area contributed by atoms with Crippen LogP contribution in [-0.4, -0.2) is 35.8 Å². The van der Waals surface area contributed by atoms with Gasteiger partial charge in [-0.2, -0.15) is 0 Å². The smallest absolute Gasteiger partial charge is 0.257 e. The Morgan fingerprint density at radius 2 is 2.20 bits per heavy atom. The number of amides is 2. The Bertz CT molecular complexity index is 563. The monoisotopic (exact) mass is 283 g/mol. The maximum absolute atomic E-state index is 13.9. The quantitative estimate of drug-likeness (QED) is 0.792. The van der Waals surface area contributed by atoms with Gasteiger partial charge in [0, 0.05) is 13.1 Å². The molecule has 1 saturated heterocycles. The van der Waals surface area contributed by atoms with Crippen molar-refractivity contribution in [2.75, 3.05) is 18.8 Å². The Balaban J connectivity index is 2.38. The Labute approximate surface area is 114 Å². The summed E-state index contributed by atoms with van der Waals surface area (Å²) in [7, 11) is 0. The van der Waals surface area contributed by atoms with E-state index in [-0.39, 0.29) is 19.0 Å². The first-order valence-electron chi connectivity index (χ1n) is 6.29. The summed E-state index contributed by atoms with van der Waals surface area (Å²) in [5, 5.41) is 2.63. The van der Waals surface area contributed by atoms with E-state index in [9.17, 15) is 18.4 Å². The predicted octanol–water partition coefficient (Wildman–Crippen LogP) is 0.898. The number of benzene rings is 1. The molecule has 1 unspecified atom stereocenters. The molecule has 0 saturated carbocycles. The van der Waals surface area contributed by atoms with Gasteiger partial charge < -0.3 is 16.0 Å².